The average Bonchev–Trinajstić information content (AvgIpc) is 3.33. The van der Waals surface area contributed by atoms with Crippen LogP contribution in [0.4, 0.5) is 0 Å². The summed E-state index contributed by atoms with van der Waals surface area (Å²) in [4.78, 5) is 0.199. The second kappa shape index (κ2) is 9.80. The number of rotatable bonds is 9. The fraction of sp³-hybridized carbons (Fsp3) is 0.160. The van der Waals surface area contributed by atoms with Crippen molar-refractivity contribution in [3.8, 4) is 28.8 Å². The van der Waals surface area contributed by atoms with Crippen molar-refractivity contribution < 1.29 is 22.6 Å². The number of fused-ring (bicyclic) bond motifs is 2. The maximum absolute atomic E-state index is 12.7. The van der Waals surface area contributed by atoms with Crippen molar-refractivity contribution in [2.45, 2.75) is 4.90 Å². The van der Waals surface area contributed by atoms with Crippen LogP contribution in [-0.4, -0.2) is 55.6 Å². The lowest BCUT2D eigenvalue weighted by atomic mass is 10.1. The summed E-state index contributed by atoms with van der Waals surface area (Å²) >= 11 is 0. The van der Waals surface area contributed by atoms with Crippen molar-refractivity contribution in [1.82, 2.24) is 24.5 Å². The van der Waals surface area contributed by atoms with Gasteiger partial charge in [-0.25, -0.2) is 13.1 Å². The van der Waals surface area contributed by atoms with E-state index in [0.717, 1.165) is 16.3 Å². The molecule has 0 saturated carbocycles. The summed E-state index contributed by atoms with van der Waals surface area (Å²) in [6, 6.07) is 21.4. The summed E-state index contributed by atoms with van der Waals surface area (Å²) in [5.74, 6) is 1.94. The number of hydrogen-bond donors (Lipinski definition) is 1. The van der Waals surface area contributed by atoms with Crippen LogP contribution < -0.4 is 18.9 Å². The predicted octanol–water partition coefficient (Wildman–Crippen LogP) is 3.32. The second-order valence-electron chi connectivity index (χ2n) is 7.79. The van der Waals surface area contributed by atoms with Gasteiger partial charge in [-0.1, -0.05) is 30.3 Å². The molecule has 10 nitrogen and oxygen atoms in total. The van der Waals surface area contributed by atoms with Gasteiger partial charge in [0.15, 0.2) is 23.0 Å². The Bertz CT molecular complexity index is 1650. The van der Waals surface area contributed by atoms with Crippen LogP contribution in [0.1, 0.15) is 0 Å². The predicted molar refractivity (Wildman–Crippen MR) is 134 cm³/mol. The molecule has 0 unspecified atom stereocenters. The molecule has 3 aromatic carbocycles. The minimum absolute atomic E-state index is 0.0690. The highest BCUT2D eigenvalue weighted by atomic mass is 32.2. The largest absolute Gasteiger partial charge is 0.493 e. The SMILES string of the molecule is COc1ccc(-c2nnc3ccc(OCCNS(=O)(=O)c4ccc5ccccc5c4)nn23)cc1OC. The third-order valence-electron chi connectivity index (χ3n) is 5.56. The Morgan fingerprint density at radius 1 is 0.861 bits per heavy atom. The molecule has 0 fully saturated rings. The van der Waals surface area contributed by atoms with Gasteiger partial charge >= 0.3 is 0 Å². The second-order valence-corrected chi connectivity index (χ2v) is 9.56. The molecule has 2 heterocycles. The zero-order chi connectivity index (χ0) is 25.1. The molecule has 1 N–H and O–H groups in total. The third kappa shape index (κ3) is 4.66. The number of hydrogen-bond acceptors (Lipinski definition) is 8. The van der Waals surface area contributed by atoms with Gasteiger partial charge in [0, 0.05) is 18.2 Å². The fourth-order valence-electron chi connectivity index (χ4n) is 3.75. The van der Waals surface area contributed by atoms with Crippen LogP contribution in [0.2, 0.25) is 0 Å². The summed E-state index contributed by atoms with van der Waals surface area (Å²) in [6.45, 7) is 0.152. The summed E-state index contributed by atoms with van der Waals surface area (Å²) in [5, 5.41) is 14.7. The van der Waals surface area contributed by atoms with Crippen molar-refractivity contribution in [3.63, 3.8) is 0 Å². The molecule has 0 atom stereocenters. The van der Waals surface area contributed by atoms with Crippen molar-refractivity contribution >= 4 is 26.4 Å². The number of methoxy groups -OCH3 is 2. The lowest BCUT2D eigenvalue weighted by molar-refractivity contribution is 0.306. The van der Waals surface area contributed by atoms with Gasteiger partial charge in [0.25, 0.3) is 0 Å². The van der Waals surface area contributed by atoms with Gasteiger partial charge in [0.05, 0.1) is 19.1 Å². The van der Waals surface area contributed by atoms with Gasteiger partial charge < -0.3 is 14.2 Å². The number of ether oxygens (including phenoxy) is 3. The number of benzene rings is 3. The van der Waals surface area contributed by atoms with Crippen LogP contribution in [0, 0.1) is 0 Å². The lowest BCUT2D eigenvalue weighted by Gasteiger charge is -2.10. The molecule has 0 spiro atoms. The summed E-state index contributed by atoms with van der Waals surface area (Å²) in [7, 11) is -0.561. The molecule has 0 amide bonds. The molecule has 5 rings (SSSR count). The minimum atomic E-state index is -3.68. The van der Waals surface area contributed by atoms with E-state index in [1.54, 1.807) is 61.2 Å². The summed E-state index contributed by atoms with van der Waals surface area (Å²) in [5.41, 5.74) is 1.26. The number of nitrogens with one attached hydrogen (secondary N) is 1. The van der Waals surface area contributed by atoms with Crippen LogP contribution >= 0.6 is 0 Å². The van der Waals surface area contributed by atoms with E-state index in [4.69, 9.17) is 14.2 Å². The first-order valence-corrected chi connectivity index (χ1v) is 12.5. The first-order chi connectivity index (χ1) is 17.5. The fourth-order valence-corrected chi connectivity index (χ4v) is 4.80. The molecule has 2 aromatic heterocycles. The molecule has 0 bridgehead atoms. The molecule has 0 aliphatic heterocycles. The molecule has 11 heteroatoms. The Hall–Kier alpha value is -4.22. The highest BCUT2D eigenvalue weighted by molar-refractivity contribution is 7.89. The number of aromatic nitrogens is 4. The van der Waals surface area contributed by atoms with E-state index in [2.05, 4.69) is 20.0 Å². The highest BCUT2D eigenvalue weighted by Crippen LogP contribution is 2.31. The van der Waals surface area contributed by atoms with E-state index in [1.165, 1.54) is 0 Å². The quantitative estimate of drug-likeness (QED) is 0.303. The van der Waals surface area contributed by atoms with Gasteiger partial charge in [-0.3, -0.25) is 0 Å². The van der Waals surface area contributed by atoms with Crippen molar-refractivity contribution in [3.05, 3.63) is 72.8 Å². The van der Waals surface area contributed by atoms with E-state index in [0.29, 0.717) is 28.9 Å². The summed E-state index contributed by atoms with van der Waals surface area (Å²) in [6.07, 6.45) is 0. The molecular formula is C25H23N5O5S. The maximum Gasteiger partial charge on any atom is 0.240 e. The van der Waals surface area contributed by atoms with Gasteiger partial charge in [0.2, 0.25) is 15.9 Å². The van der Waals surface area contributed by atoms with Crippen LogP contribution in [-0.2, 0) is 10.0 Å². The van der Waals surface area contributed by atoms with Gasteiger partial charge in [0.1, 0.15) is 6.61 Å². The molecule has 36 heavy (non-hydrogen) atoms. The van der Waals surface area contributed by atoms with Crippen LogP contribution in [0.15, 0.2) is 77.7 Å². The standard InChI is InChI=1S/C25H23N5O5S/c1-33-21-10-8-19(16-22(21)34-2)25-28-27-23-11-12-24(29-30(23)25)35-14-13-26-36(31,32)20-9-7-17-5-3-4-6-18(17)15-20/h3-12,15-16,26H,13-14H2,1-2H3. The third-order valence-corrected chi connectivity index (χ3v) is 7.01. The Kier molecular flexibility index (Phi) is 6.40. The van der Waals surface area contributed by atoms with E-state index < -0.39 is 10.0 Å². The zero-order valence-electron chi connectivity index (χ0n) is 19.6. The molecule has 0 aliphatic rings. The Balaban J connectivity index is 1.28. The lowest BCUT2D eigenvalue weighted by Crippen LogP contribution is -2.28. The molecule has 0 radical (unpaired) electrons. The van der Waals surface area contributed by atoms with Crippen molar-refractivity contribution in [1.29, 1.82) is 0 Å². The van der Waals surface area contributed by atoms with Crippen LogP contribution in [0.3, 0.4) is 0 Å². The van der Waals surface area contributed by atoms with Crippen molar-refractivity contribution in [2.24, 2.45) is 0 Å². The highest BCUT2D eigenvalue weighted by Gasteiger charge is 2.15. The average molecular weight is 506 g/mol. The monoisotopic (exact) mass is 505 g/mol. The molecular weight excluding hydrogens is 482 g/mol. The Morgan fingerprint density at radius 2 is 1.67 bits per heavy atom. The van der Waals surface area contributed by atoms with E-state index in [-0.39, 0.29) is 18.0 Å². The van der Waals surface area contributed by atoms with Gasteiger partial charge in [-0.15, -0.1) is 15.3 Å². The van der Waals surface area contributed by atoms with Gasteiger partial charge in [-0.2, -0.15) is 4.52 Å². The van der Waals surface area contributed by atoms with E-state index in [1.807, 2.05) is 30.3 Å². The zero-order valence-corrected chi connectivity index (χ0v) is 20.4. The normalized spacial score (nSPS) is 11.6. The molecule has 0 saturated heterocycles. The number of nitrogens with zero attached hydrogens (tertiary/aromatic N) is 4. The Labute approximate surface area is 207 Å². The molecule has 5 aromatic rings. The summed E-state index contributed by atoms with van der Waals surface area (Å²) < 4.78 is 45.9. The van der Waals surface area contributed by atoms with Gasteiger partial charge in [-0.05, 0) is 47.2 Å². The molecule has 184 valence electrons. The first kappa shape index (κ1) is 23.5. The van der Waals surface area contributed by atoms with Crippen molar-refractivity contribution in [2.75, 3.05) is 27.4 Å². The Morgan fingerprint density at radius 3 is 2.47 bits per heavy atom. The smallest absolute Gasteiger partial charge is 0.240 e. The van der Waals surface area contributed by atoms with E-state index in [9.17, 15) is 8.42 Å². The minimum Gasteiger partial charge on any atom is -0.493 e. The maximum atomic E-state index is 12.7. The van der Waals surface area contributed by atoms with Crippen LogP contribution in [0.25, 0.3) is 27.8 Å². The molecule has 0 aliphatic carbocycles. The topological polar surface area (TPSA) is 117 Å². The first-order valence-electron chi connectivity index (χ1n) is 11.0. The number of sulfonamides is 1. The van der Waals surface area contributed by atoms with E-state index >= 15 is 0 Å². The van der Waals surface area contributed by atoms with Crippen LogP contribution in [0.5, 0.6) is 17.4 Å².